The van der Waals surface area contributed by atoms with Crippen LogP contribution in [0.25, 0.3) is 6.08 Å². The van der Waals surface area contributed by atoms with E-state index in [1.54, 1.807) is 13.2 Å². The van der Waals surface area contributed by atoms with Crippen LogP contribution in [0.1, 0.15) is 35.5 Å². The average Bonchev–Trinajstić information content (AvgIpc) is 2.91. The number of aromatic nitrogens is 1. The highest BCUT2D eigenvalue weighted by Gasteiger charge is 2.15. The lowest BCUT2D eigenvalue weighted by atomic mass is 10.1. The zero-order valence-electron chi connectivity index (χ0n) is 16.0. The van der Waals surface area contributed by atoms with E-state index in [1.807, 2.05) is 57.2 Å². The zero-order chi connectivity index (χ0) is 20.0. The molecule has 1 unspecified atom stereocenters. The van der Waals surface area contributed by atoms with Crippen LogP contribution in [0.3, 0.4) is 0 Å². The first-order chi connectivity index (χ1) is 12.9. The monoisotopic (exact) mass is 429 g/mol. The predicted octanol–water partition coefficient (Wildman–Crippen LogP) is 4.30. The van der Waals surface area contributed by atoms with Crippen LogP contribution >= 0.6 is 15.9 Å². The molecule has 142 valence electrons. The Morgan fingerprint density at radius 3 is 2.63 bits per heavy atom. The van der Waals surface area contributed by atoms with Crippen LogP contribution in [0.5, 0.6) is 0 Å². The van der Waals surface area contributed by atoms with Gasteiger partial charge in [0, 0.05) is 29.5 Å². The third-order valence-corrected chi connectivity index (χ3v) is 5.04. The van der Waals surface area contributed by atoms with E-state index in [0.717, 1.165) is 33.5 Å². The molecule has 2 rings (SSSR count). The molecule has 0 aliphatic rings. The molecule has 27 heavy (non-hydrogen) atoms. The Balaban J connectivity index is 2.19. The zero-order valence-corrected chi connectivity index (χ0v) is 17.6. The third kappa shape index (κ3) is 5.31. The first kappa shape index (κ1) is 20.9. The van der Waals surface area contributed by atoms with E-state index in [2.05, 4.69) is 25.8 Å². The molecule has 0 spiro atoms. The summed E-state index contributed by atoms with van der Waals surface area (Å²) in [5.74, 6) is -0.380. The molecule has 0 aliphatic carbocycles. The van der Waals surface area contributed by atoms with Gasteiger partial charge in [-0.25, -0.2) is 0 Å². The highest BCUT2D eigenvalue weighted by atomic mass is 79.9. The quantitative estimate of drug-likeness (QED) is 0.526. The van der Waals surface area contributed by atoms with Crippen LogP contribution in [0.4, 0.5) is 0 Å². The van der Waals surface area contributed by atoms with Crippen molar-refractivity contribution in [1.82, 2.24) is 9.88 Å². The number of carbonyl (C=O) groups excluding carboxylic acids is 1. The number of methoxy groups -OCH3 is 1. The summed E-state index contributed by atoms with van der Waals surface area (Å²) in [6.45, 7) is 7.22. The van der Waals surface area contributed by atoms with Crippen LogP contribution in [0, 0.1) is 25.2 Å². The Morgan fingerprint density at radius 2 is 2.04 bits per heavy atom. The number of ether oxygens (including phenoxy) is 1. The molecule has 1 N–H and O–H groups in total. The van der Waals surface area contributed by atoms with Gasteiger partial charge in [0.2, 0.25) is 0 Å². The number of nitrogens with zero attached hydrogens (tertiary/aromatic N) is 2. The fourth-order valence-electron chi connectivity index (χ4n) is 2.91. The third-order valence-electron chi connectivity index (χ3n) is 4.51. The van der Waals surface area contributed by atoms with E-state index in [4.69, 9.17) is 4.74 Å². The Labute approximate surface area is 168 Å². The number of aryl methyl sites for hydroxylation is 1. The number of hydrogen-bond acceptors (Lipinski definition) is 3. The van der Waals surface area contributed by atoms with Gasteiger partial charge in [-0.15, -0.1) is 0 Å². The molecule has 1 aromatic carbocycles. The summed E-state index contributed by atoms with van der Waals surface area (Å²) in [7, 11) is 1.67. The smallest absolute Gasteiger partial charge is 0.262 e. The lowest BCUT2D eigenvalue weighted by molar-refractivity contribution is -0.117. The van der Waals surface area contributed by atoms with Crippen LogP contribution in [-0.2, 0) is 16.1 Å². The topological polar surface area (TPSA) is 67.0 Å². The lowest BCUT2D eigenvalue weighted by Gasteiger charge is -2.14. The number of halogens is 1. The van der Waals surface area contributed by atoms with Gasteiger partial charge < -0.3 is 14.6 Å². The van der Waals surface area contributed by atoms with Gasteiger partial charge in [0.25, 0.3) is 5.91 Å². The predicted molar refractivity (Wildman–Crippen MR) is 110 cm³/mol. The fourth-order valence-corrected chi connectivity index (χ4v) is 3.18. The van der Waals surface area contributed by atoms with Gasteiger partial charge in [0.05, 0.1) is 12.6 Å². The van der Waals surface area contributed by atoms with E-state index in [1.165, 1.54) is 0 Å². The number of nitrogens with one attached hydrogen (secondary N) is 1. The van der Waals surface area contributed by atoms with Crippen molar-refractivity contribution in [3.8, 4) is 6.07 Å². The van der Waals surface area contributed by atoms with Crippen molar-refractivity contribution in [2.45, 2.75) is 33.4 Å². The van der Waals surface area contributed by atoms with Gasteiger partial charge in [0.1, 0.15) is 11.6 Å². The van der Waals surface area contributed by atoms with Crippen molar-refractivity contribution in [2.24, 2.45) is 0 Å². The maximum absolute atomic E-state index is 12.6. The summed E-state index contributed by atoms with van der Waals surface area (Å²) in [5.41, 5.74) is 4.00. The summed E-state index contributed by atoms with van der Waals surface area (Å²) < 4.78 is 8.24. The van der Waals surface area contributed by atoms with Crippen molar-refractivity contribution >= 4 is 27.9 Å². The normalized spacial score (nSPS) is 12.5. The second-order valence-electron chi connectivity index (χ2n) is 6.39. The van der Waals surface area contributed by atoms with E-state index < -0.39 is 0 Å². The Bertz CT molecular complexity index is 876. The maximum atomic E-state index is 12.6. The summed E-state index contributed by atoms with van der Waals surface area (Å²) in [4.78, 5) is 12.6. The molecular formula is C21H24BrN3O2. The lowest BCUT2D eigenvalue weighted by Crippen LogP contribution is -2.27. The minimum absolute atomic E-state index is 0.0888. The number of amides is 1. The maximum Gasteiger partial charge on any atom is 0.262 e. The molecule has 1 heterocycles. The summed E-state index contributed by atoms with van der Waals surface area (Å²) >= 11 is 3.40. The molecule has 1 amide bonds. The molecule has 0 bridgehead atoms. The Kier molecular flexibility index (Phi) is 7.40. The van der Waals surface area contributed by atoms with Gasteiger partial charge in [-0.1, -0.05) is 28.1 Å². The first-order valence-corrected chi connectivity index (χ1v) is 9.50. The number of rotatable bonds is 7. The second-order valence-corrected chi connectivity index (χ2v) is 7.30. The Morgan fingerprint density at radius 1 is 1.37 bits per heavy atom. The van der Waals surface area contributed by atoms with E-state index in [0.29, 0.717) is 6.61 Å². The van der Waals surface area contributed by atoms with E-state index >= 15 is 0 Å². The van der Waals surface area contributed by atoms with Crippen LogP contribution in [0.15, 0.2) is 40.4 Å². The molecule has 2 aromatic rings. The molecular weight excluding hydrogens is 406 g/mol. The molecule has 0 saturated heterocycles. The minimum atomic E-state index is -0.380. The number of hydrogen-bond donors (Lipinski definition) is 1. The fraction of sp³-hybridized carbons (Fsp3) is 0.333. The molecule has 1 atom stereocenters. The number of benzene rings is 1. The van der Waals surface area contributed by atoms with Crippen LogP contribution in [0.2, 0.25) is 0 Å². The standard InChI is InChI=1S/C21H24BrN3O2/c1-14-11-18(16(3)25(14)9-10-27-4)12-19(13-23)21(26)24-15(2)17-5-7-20(22)8-6-17/h5-8,11-12,15H,9-10H2,1-4H3,(H,24,26)/b19-12+. The summed E-state index contributed by atoms with van der Waals surface area (Å²) in [6, 6.07) is 11.5. The molecule has 5 nitrogen and oxygen atoms in total. The summed E-state index contributed by atoms with van der Waals surface area (Å²) in [6.07, 6.45) is 1.65. The van der Waals surface area contributed by atoms with Crippen molar-refractivity contribution in [1.29, 1.82) is 5.26 Å². The van der Waals surface area contributed by atoms with Gasteiger partial charge in [-0.2, -0.15) is 5.26 Å². The number of carbonyl (C=O) groups is 1. The van der Waals surface area contributed by atoms with Gasteiger partial charge in [-0.3, -0.25) is 4.79 Å². The Hall–Kier alpha value is -2.36. The molecule has 0 fully saturated rings. The van der Waals surface area contributed by atoms with Crippen molar-refractivity contribution in [3.63, 3.8) is 0 Å². The largest absolute Gasteiger partial charge is 0.383 e. The van der Waals surface area contributed by atoms with Crippen molar-refractivity contribution in [3.05, 3.63) is 62.9 Å². The van der Waals surface area contributed by atoms with Crippen LogP contribution in [-0.4, -0.2) is 24.2 Å². The van der Waals surface area contributed by atoms with Crippen molar-refractivity contribution < 1.29 is 9.53 Å². The highest BCUT2D eigenvalue weighted by Crippen LogP contribution is 2.20. The first-order valence-electron chi connectivity index (χ1n) is 8.71. The van der Waals surface area contributed by atoms with E-state index in [-0.39, 0.29) is 17.5 Å². The molecule has 0 aliphatic heterocycles. The van der Waals surface area contributed by atoms with Crippen molar-refractivity contribution in [2.75, 3.05) is 13.7 Å². The van der Waals surface area contributed by atoms with Gasteiger partial charge in [-0.05, 0) is 56.2 Å². The second kappa shape index (κ2) is 9.54. The molecule has 6 heteroatoms. The average molecular weight is 430 g/mol. The van der Waals surface area contributed by atoms with Gasteiger partial charge >= 0.3 is 0 Å². The minimum Gasteiger partial charge on any atom is -0.383 e. The summed E-state index contributed by atoms with van der Waals surface area (Å²) in [5, 5.41) is 12.4. The highest BCUT2D eigenvalue weighted by molar-refractivity contribution is 9.10. The molecule has 0 saturated carbocycles. The van der Waals surface area contributed by atoms with E-state index in [9.17, 15) is 10.1 Å². The molecule has 1 aromatic heterocycles. The van der Waals surface area contributed by atoms with Crippen LogP contribution < -0.4 is 5.32 Å². The number of nitriles is 1. The molecule has 0 radical (unpaired) electrons. The van der Waals surface area contributed by atoms with Gasteiger partial charge in [0.15, 0.2) is 0 Å². The SMILES string of the molecule is COCCn1c(C)cc(/C=C(\C#N)C(=O)NC(C)c2ccc(Br)cc2)c1C.